The summed E-state index contributed by atoms with van der Waals surface area (Å²) in [6.07, 6.45) is 0. The smallest absolute Gasteiger partial charge is 0.344 e. The molecule has 0 fully saturated rings. The van der Waals surface area contributed by atoms with Crippen LogP contribution >= 0.6 is 0 Å². The summed E-state index contributed by atoms with van der Waals surface area (Å²) in [6.45, 7) is 3.85. The van der Waals surface area contributed by atoms with Crippen LogP contribution in [0.25, 0.3) is 22.4 Å². The molecule has 1 heterocycles. The van der Waals surface area contributed by atoms with Crippen LogP contribution in [-0.2, 0) is 11.3 Å². The Labute approximate surface area is 203 Å². The molecule has 176 valence electrons. The SMILES string of the molecule is COC(=O)c1c(-c2ccccc2)c(-c2ccccc2)nn(CC(=O)c2ccc(C(C)C)cc2)c1=O. The van der Waals surface area contributed by atoms with Crippen LogP contribution in [0.5, 0.6) is 0 Å². The van der Waals surface area contributed by atoms with E-state index < -0.39 is 11.5 Å². The summed E-state index contributed by atoms with van der Waals surface area (Å²) < 4.78 is 6.04. The van der Waals surface area contributed by atoms with Gasteiger partial charge in [0, 0.05) is 16.7 Å². The van der Waals surface area contributed by atoms with Gasteiger partial charge in [0.05, 0.1) is 12.8 Å². The van der Waals surface area contributed by atoms with Gasteiger partial charge in [0.25, 0.3) is 5.56 Å². The number of esters is 1. The second-order valence-corrected chi connectivity index (χ2v) is 8.48. The number of hydrogen-bond acceptors (Lipinski definition) is 5. The minimum atomic E-state index is -0.782. The van der Waals surface area contributed by atoms with Crippen LogP contribution < -0.4 is 5.56 Å². The van der Waals surface area contributed by atoms with Gasteiger partial charge in [0.15, 0.2) is 5.78 Å². The van der Waals surface area contributed by atoms with Crippen molar-refractivity contribution in [2.75, 3.05) is 7.11 Å². The van der Waals surface area contributed by atoms with E-state index in [1.165, 1.54) is 7.11 Å². The number of nitrogens with zero attached hydrogens (tertiary/aromatic N) is 2. The monoisotopic (exact) mass is 466 g/mol. The number of ether oxygens (including phenoxy) is 1. The Morgan fingerprint density at radius 1 is 0.857 bits per heavy atom. The Morgan fingerprint density at radius 3 is 1.97 bits per heavy atom. The number of carbonyl (C=O) groups is 2. The molecule has 0 atom stereocenters. The van der Waals surface area contributed by atoms with Crippen LogP contribution in [-0.4, -0.2) is 28.6 Å². The van der Waals surface area contributed by atoms with E-state index in [-0.39, 0.29) is 17.9 Å². The van der Waals surface area contributed by atoms with Crippen molar-refractivity contribution >= 4 is 11.8 Å². The van der Waals surface area contributed by atoms with Gasteiger partial charge in [0.2, 0.25) is 0 Å². The maximum Gasteiger partial charge on any atom is 0.344 e. The summed E-state index contributed by atoms with van der Waals surface area (Å²) in [5.74, 6) is -0.724. The van der Waals surface area contributed by atoms with E-state index in [0.717, 1.165) is 10.2 Å². The van der Waals surface area contributed by atoms with Gasteiger partial charge in [0.1, 0.15) is 12.1 Å². The molecule has 0 bridgehead atoms. The Balaban J connectivity index is 1.89. The van der Waals surface area contributed by atoms with Crippen LogP contribution in [0, 0.1) is 0 Å². The average Bonchev–Trinajstić information content (AvgIpc) is 2.90. The number of methoxy groups -OCH3 is 1. The topological polar surface area (TPSA) is 78.3 Å². The largest absolute Gasteiger partial charge is 0.465 e. The fraction of sp³-hybridized carbons (Fsp3) is 0.172. The summed E-state index contributed by atoms with van der Waals surface area (Å²) in [4.78, 5) is 39.5. The molecule has 6 nitrogen and oxygen atoms in total. The van der Waals surface area contributed by atoms with E-state index in [1.54, 1.807) is 24.3 Å². The number of aromatic nitrogens is 2. The average molecular weight is 467 g/mol. The van der Waals surface area contributed by atoms with E-state index in [9.17, 15) is 14.4 Å². The van der Waals surface area contributed by atoms with E-state index in [0.29, 0.717) is 33.9 Å². The Bertz CT molecular complexity index is 1410. The highest BCUT2D eigenvalue weighted by atomic mass is 16.5. The lowest BCUT2D eigenvalue weighted by Crippen LogP contribution is -2.33. The Morgan fingerprint density at radius 2 is 1.43 bits per heavy atom. The number of Topliss-reactive ketones (excluding diaryl/α,β-unsaturated/α-hetero) is 1. The minimum Gasteiger partial charge on any atom is -0.465 e. The van der Waals surface area contributed by atoms with Crippen molar-refractivity contribution in [1.29, 1.82) is 0 Å². The summed E-state index contributed by atoms with van der Waals surface area (Å²) in [7, 11) is 1.23. The fourth-order valence-corrected chi connectivity index (χ4v) is 3.93. The van der Waals surface area contributed by atoms with Gasteiger partial charge in [-0.1, -0.05) is 98.8 Å². The lowest BCUT2D eigenvalue weighted by molar-refractivity contribution is 0.0597. The molecule has 0 saturated carbocycles. The molecule has 4 rings (SSSR count). The third kappa shape index (κ3) is 4.96. The molecule has 0 amide bonds. The molecule has 6 heteroatoms. The predicted molar refractivity (Wildman–Crippen MR) is 136 cm³/mol. The lowest BCUT2D eigenvalue weighted by Gasteiger charge is -2.16. The molecule has 0 N–H and O–H groups in total. The molecule has 0 radical (unpaired) electrons. The fourth-order valence-electron chi connectivity index (χ4n) is 3.93. The third-order valence-electron chi connectivity index (χ3n) is 5.85. The molecule has 0 unspecified atom stereocenters. The first-order valence-corrected chi connectivity index (χ1v) is 11.4. The van der Waals surface area contributed by atoms with Gasteiger partial charge in [-0.15, -0.1) is 0 Å². The summed E-state index contributed by atoms with van der Waals surface area (Å²) in [5.41, 5.74) is 2.90. The maximum absolute atomic E-state index is 13.5. The molecule has 0 saturated heterocycles. The first-order chi connectivity index (χ1) is 16.9. The highest BCUT2D eigenvalue weighted by Gasteiger charge is 2.26. The number of hydrogen-bond donors (Lipinski definition) is 0. The van der Waals surface area contributed by atoms with Crippen LogP contribution in [0.2, 0.25) is 0 Å². The van der Waals surface area contributed by atoms with Crippen molar-refractivity contribution in [2.24, 2.45) is 0 Å². The molecule has 1 aromatic heterocycles. The number of benzene rings is 3. The van der Waals surface area contributed by atoms with Crippen molar-refractivity contribution in [2.45, 2.75) is 26.3 Å². The summed E-state index contributed by atoms with van der Waals surface area (Å²) in [5, 5.41) is 4.58. The van der Waals surface area contributed by atoms with Crippen molar-refractivity contribution in [3.8, 4) is 22.4 Å². The Kier molecular flexibility index (Phi) is 7.01. The number of rotatable bonds is 7. The molecule has 0 aliphatic rings. The van der Waals surface area contributed by atoms with Crippen LogP contribution in [0.1, 0.15) is 46.0 Å². The van der Waals surface area contributed by atoms with Crippen molar-refractivity contribution in [3.63, 3.8) is 0 Å². The van der Waals surface area contributed by atoms with E-state index >= 15 is 0 Å². The van der Waals surface area contributed by atoms with Crippen LogP contribution in [0.3, 0.4) is 0 Å². The summed E-state index contributed by atoms with van der Waals surface area (Å²) >= 11 is 0. The van der Waals surface area contributed by atoms with Crippen molar-refractivity contribution in [3.05, 3.63) is 112 Å². The normalized spacial score (nSPS) is 10.9. The highest BCUT2D eigenvalue weighted by molar-refractivity contribution is 6.01. The zero-order valence-corrected chi connectivity index (χ0v) is 19.9. The van der Waals surface area contributed by atoms with Gasteiger partial charge in [-0.2, -0.15) is 5.10 Å². The van der Waals surface area contributed by atoms with Gasteiger partial charge >= 0.3 is 5.97 Å². The van der Waals surface area contributed by atoms with Crippen molar-refractivity contribution < 1.29 is 14.3 Å². The van der Waals surface area contributed by atoms with Crippen molar-refractivity contribution in [1.82, 2.24) is 9.78 Å². The molecule has 35 heavy (non-hydrogen) atoms. The molecule has 4 aromatic rings. The predicted octanol–water partition coefficient (Wildman–Crippen LogP) is 5.37. The Hall–Kier alpha value is -4.32. The van der Waals surface area contributed by atoms with Gasteiger partial charge < -0.3 is 4.74 Å². The first-order valence-electron chi connectivity index (χ1n) is 11.4. The quantitative estimate of drug-likeness (QED) is 0.270. The first kappa shape index (κ1) is 23.8. The lowest BCUT2D eigenvalue weighted by atomic mass is 9.95. The van der Waals surface area contributed by atoms with Gasteiger partial charge in [-0.3, -0.25) is 9.59 Å². The van der Waals surface area contributed by atoms with E-state index in [4.69, 9.17) is 4.74 Å². The number of carbonyl (C=O) groups excluding carboxylic acids is 2. The standard InChI is InChI=1S/C29H26N2O4/c1-19(2)20-14-16-21(17-15-20)24(32)18-31-28(33)26(29(34)35-3)25(22-10-6-4-7-11-22)27(30-31)23-12-8-5-9-13-23/h4-17,19H,18H2,1-3H3. The van der Waals surface area contributed by atoms with Crippen LogP contribution in [0.15, 0.2) is 89.7 Å². The maximum atomic E-state index is 13.5. The van der Waals surface area contributed by atoms with Gasteiger partial charge in [-0.25, -0.2) is 9.48 Å². The van der Waals surface area contributed by atoms with Gasteiger partial charge in [-0.05, 0) is 17.0 Å². The third-order valence-corrected chi connectivity index (χ3v) is 5.85. The molecular weight excluding hydrogens is 440 g/mol. The highest BCUT2D eigenvalue weighted by Crippen LogP contribution is 2.32. The summed E-state index contributed by atoms with van der Waals surface area (Å²) in [6, 6.07) is 25.7. The van der Waals surface area contributed by atoms with Crippen LogP contribution in [0.4, 0.5) is 0 Å². The second-order valence-electron chi connectivity index (χ2n) is 8.48. The van der Waals surface area contributed by atoms with E-state index in [2.05, 4.69) is 18.9 Å². The molecule has 3 aromatic carbocycles. The molecule has 0 aliphatic carbocycles. The minimum absolute atomic E-state index is 0.157. The number of ketones is 1. The second kappa shape index (κ2) is 10.3. The molecule has 0 aliphatic heterocycles. The zero-order chi connectivity index (χ0) is 24.9. The molecular formula is C29H26N2O4. The molecule has 0 spiro atoms. The zero-order valence-electron chi connectivity index (χ0n) is 19.9. The van der Waals surface area contributed by atoms with E-state index in [1.807, 2.05) is 60.7 Å².